The molecule has 1 fully saturated rings. The van der Waals surface area contributed by atoms with Gasteiger partial charge in [0.1, 0.15) is 6.61 Å². The normalized spacial score (nSPS) is 18.3. The summed E-state index contributed by atoms with van der Waals surface area (Å²) < 4.78 is 5.46. The lowest BCUT2D eigenvalue weighted by Crippen LogP contribution is -2.44. The maximum atomic E-state index is 12.6. The number of amides is 2. The van der Waals surface area contributed by atoms with Crippen LogP contribution in [0.15, 0.2) is 30.3 Å². The van der Waals surface area contributed by atoms with Crippen LogP contribution in [0.3, 0.4) is 0 Å². The molecule has 5 heteroatoms. The van der Waals surface area contributed by atoms with Gasteiger partial charge in [0.2, 0.25) is 11.8 Å². The fraction of sp³-hybridized carbons (Fsp3) is 0.600. The molecule has 138 valence electrons. The Morgan fingerprint density at radius 1 is 1.24 bits per heavy atom. The third kappa shape index (κ3) is 5.85. The van der Waals surface area contributed by atoms with Gasteiger partial charge >= 0.3 is 0 Å². The average molecular weight is 346 g/mol. The highest BCUT2D eigenvalue weighted by Crippen LogP contribution is 2.18. The number of hydrogen-bond donors (Lipinski definition) is 0. The first-order chi connectivity index (χ1) is 12.2. The number of carbonyl (C=O) groups excluding carboxylic acids is 2. The highest BCUT2D eigenvalue weighted by atomic mass is 16.5. The predicted octanol–water partition coefficient (Wildman–Crippen LogP) is 2.84. The van der Waals surface area contributed by atoms with Crippen molar-refractivity contribution >= 4 is 11.8 Å². The van der Waals surface area contributed by atoms with Gasteiger partial charge < -0.3 is 14.5 Å². The number of rotatable bonds is 8. The number of carbonyl (C=O) groups is 2. The zero-order valence-electron chi connectivity index (χ0n) is 15.4. The quantitative estimate of drug-likeness (QED) is 0.680. The van der Waals surface area contributed by atoms with Crippen molar-refractivity contribution in [1.29, 1.82) is 0 Å². The molecule has 1 unspecified atom stereocenters. The molecule has 1 aliphatic heterocycles. The Hall–Kier alpha value is -1.88. The van der Waals surface area contributed by atoms with Gasteiger partial charge in [-0.15, -0.1) is 0 Å². The van der Waals surface area contributed by atoms with Crippen molar-refractivity contribution in [3.63, 3.8) is 0 Å². The lowest BCUT2D eigenvalue weighted by atomic mass is 10.1. The van der Waals surface area contributed by atoms with Crippen molar-refractivity contribution in [1.82, 2.24) is 9.80 Å². The number of nitrogens with zero attached hydrogens (tertiary/aromatic N) is 2. The molecule has 0 bridgehead atoms. The zero-order chi connectivity index (χ0) is 18.1. The molecule has 0 saturated carbocycles. The van der Waals surface area contributed by atoms with E-state index in [1.807, 2.05) is 35.2 Å². The predicted molar refractivity (Wildman–Crippen MR) is 98.0 cm³/mol. The lowest BCUT2D eigenvalue weighted by molar-refractivity contribution is -0.136. The van der Waals surface area contributed by atoms with Crippen LogP contribution in [0.1, 0.15) is 45.1 Å². The Labute approximate surface area is 150 Å². The molecular weight excluding hydrogens is 316 g/mol. The van der Waals surface area contributed by atoms with E-state index in [1.165, 1.54) is 0 Å². The Kier molecular flexibility index (Phi) is 7.92. The molecule has 0 N–H and O–H groups in total. The molecule has 0 aromatic heterocycles. The largest absolute Gasteiger partial charge is 0.372 e. The van der Waals surface area contributed by atoms with Crippen LogP contribution in [-0.2, 0) is 20.9 Å². The third-order valence-corrected chi connectivity index (χ3v) is 4.68. The van der Waals surface area contributed by atoms with E-state index >= 15 is 0 Å². The van der Waals surface area contributed by atoms with E-state index < -0.39 is 0 Å². The summed E-state index contributed by atoms with van der Waals surface area (Å²) in [6.07, 6.45) is 3.23. The molecular formula is C20H30N2O3. The van der Waals surface area contributed by atoms with Crippen molar-refractivity contribution in [2.45, 2.75) is 52.1 Å². The van der Waals surface area contributed by atoms with E-state index in [2.05, 4.69) is 13.8 Å². The topological polar surface area (TPSA) is 49.9 Å². The molecule has 1 aromatic carbocycles. The van der Waals surface area contributed by atoms with E-state index in [-0.39, 0.29) is 24.5 Å². The number of unbranched alkanes of at least 4 members (excludes halogenated alkanes) is 1. The molecule has 1 atom stereocenters. The summed E-state index contributed by atoms with van der Waals surface area (Å²) in [5.41, 5.74) is 1.12. The average Bonchev–Trinajstić information content (AvgIpc) is 2.79. The smallest absolute Gasteiger partial charge is 0.248 e. The van der Waals surface area contributed by atoms with Gasteiger partial charge in [0, 0.05) is 38.7 Å². The van der Waals surface area contributed by atoms with Crippen LogP contribution in [0.25, 0.3) is 0 Å². The summed E-state index contributed by atoms with van der Waals surface area (Å²) >= 11 is 0. The summed E-state index contributed by atoms with van der Waals surface area (Å²) in [6, 6.07) is 10.1. The molecule has 1 heterocycles. The maximum absolute atomic E-state index is 12.6. The van der Waals surface area contributed by atoms with E-state index in [0.717, 1.165) is 24.8 Å². The number of benzene rings is 1. The minimum atomic E-state index is -0.0103. The highest BCUT2D eigenvalue weighted by Gasteiger charge is 2.30. The Morgan fingerprint density at radius 2 is 2.00 bits per heavy atom. The lowest BCUT2D eigenvalue weighted by Gasteiger charge is -2.31. The maximum Gasteiger partial charge on any atom is 0.248 e. The van der Waals surface area contributed by atoms with Crippen molar-refractivity contribution in [3.8, 4) is 0 Å². The van der Waals surface area contributed by atoms with Gasteiger partial charge in [-0.25, -0.2) is 0 Å². The molecule has 25 heavy (non-hydrogen) atoms. The van der Waals surface area contributed by atoms with Crippen LogP contribution in [0.5, 0.6) is 0 Å². The second-order valence-electron chi connectivity index (χ2n) is 6.57. The fourth-order valence-electron chi connectivity index (χ4n) is 3.09. The van der Waals surface area contributed by atoms with E-state index in [0.29, 0.717) is 32.7 Å². The van der Waals surface area contributed by atoms with Gasteiger partial charge in [0.25, 0.3) is 0 Å². The fourth-order valence-corrected chi connectivity index (χ4v) is 3.09. The molecule has 2 rings (SSSR count). The van der Waals surface area contributed by atoms with Crippen molar-refractivity contribution < 1.29 is 14.3 Å². The second-order valence-corrected chi connectivity index (χ2v) is 6.57. The molecule has 0 aliphatic carbocycles. The first kappa shape index (κ1) is 19.4. The Bertz CT molecular complexity index is 547. The van der Waals surface area contributed by atoms with Gasteiger partial charge in [-0.05, 0) is 18.4 Å². The molecule has 1 aromatic rings. The summed E-state index contributed by atoms with van der Waals surface area (Å²) in [5, 5.41) is 0. The summed E-state index contributed by atoms with van der Waals surface area (Å²) in [6.45, 7) is 6.57. The molecule has 5 nitrogen and oxygen atoms in total. The monoisotopic (exact) mass is 346 g/mol. The van der Waals surface area contributed by atoms with Crippen LogP contribution < -0.4 is 0 Å². The van der Waals surface area contributed by atoms with Gasteiger partial charge in [-0.1, -0.05) is 50.6 Å². The van der Waals surface area contributed by atoms with E-state index in [4.69, 9.17) is 4.74 Å². The minimum absolute atomic E-state index is 0.0103. The van der Waals surface area contributed by atoms with Crippen LogP contribution in [-0.4, -0.2) is 54.0 Å². The van der Waals surface area contributed by atoms with Crippen LogP contribution in [0, 0.1) is 0 Å². The Balaban J connectivity index is 1.98. The Morgan fingerprint density at radius 3 is 2.68 bits per heavy atom. The minimum Gasteiger partial charge on any atom is -0.372 e. The van der Waals surface area contributed by atoms with Crippen molar-refractivity contribution in [2.24, 2.45) is 0 Å². The summed E-state index contributed by atoms with van der Waals surface area (Å²) in [5.74, 6) is 0.113. The molecule has 0 spiro atoms. The second kappa shape index (κ2) is 10.2. The van der Waals surface area contributed by atoms with E-state index in [9.17, 15) is 9.59 Å². The van der Waals surface area contributed by atoms with Gasteiger partial charge in [-0.2, -0.15) is 0 Å². The molecule has 1 aliphatic rings. The first-order valence-electron chi connectivity index (χ1n) is 9.34. The van der Waals surface area contributed by atoms with Gasteiger partial charge in [-0.3, -0.25) is 9.59 Å². The number of hydrogen-bond acceptors (Lipinski definition) is 3. The molecule has 0 radical (unpaired) electrons. The summed E-state index contributed by atoms with van der Waals surface area (Å²) in [4.78, 5) is 28.8. The van der Waals surface area contributed by atoms with Crippen molar-refractivity contribution in [3.05, 3.63) is 35.9 Å². The standard InChI is InChI=1S/C20H30N2O3/c1-3-5-13-25-16-20(24)21-12-11-19(23)22(18(4-2)15-21)14-17-9-7-6-8-10-17/h6-10,18H,3-5,11-16H2,1-2H3. The zero-order valence-corrected chi connectivity index (χ0v) is 15.4. The third-order valence-electron chi connectivity index (χ3n) is 4.68. The number of ether oxygens (including phenoxy) is 1. The highest BCUT2D eigenvalue weighted by molar-refractivity contribution is 5.81. The van der Waals surface area contributed by atoms with Gasteiger partial charge in [0.15, 0.2) is 0 Å². The van der Waals surface area contributed by atoms with Gasteiger partial charge in [0.05, 0.1) is 0 Å². The first-order valence-corrected chi connectivity index (χ1v) is 9.34. The molecule has 2 amide bonds. The van der Waals surface area contributed by atoms with E-state index in [1.54, 1.807) is 4.90 Å². The van der Waals surface area contributed by atoms with Crippen LogP contribution in [0.2, 0.25) is 0 Å². The SMILES string of the molecule is CCCCOCC(=O)N1CCC(=O)N(Cc2ccccc2)C(CC)C1. The van der Waals surface area contributed by atoms with Crippen molar-refractivity contribution in [2.75, 3.05) is 26.3 Å². The van der Waals surface area contributed by atoms with Crippen LogP contribution in [0.4, 0.5) is 0 Å². The van der Waals surface area contributed by atoms with Crippen LogP contribution >= 0.6 is 0 Å². The summed E-state index contributed by atoms with van der Waals surface area (Å²) in [7, 11) is 0. The molecule has 1 saturated heterocycles.